The van der Waals surface area contributed by atoms with Crippen LogP contribution in [0.4, 0.5) is 5.69 Å². The summed E-state index contributed by atoms with van der Waals surface area (Å²) in [5, 5.41) is 9.76. The number of hydrogen-bond donors (Lipinski definition) is 0. The summed E-state index contributed by atoms with van der Waals surface area (Å²) >= 11 is 1.44. The number of likely N-dealkylation sites (tertiary alicyclic amines) is 1. The summed E-state index contributed by atoms with van der Waals surface area (Å²) in [6.07, 6.45) is 5.24. The molecule has 2 aliphatic heterocycles. The molecule has 7 nitrogen and oxygen atoms in total. The van der Waals surface area contributed by atoms with Crippen LogP contribution in [-0.2, 0) is 17.9 Å². The zero-order valence-corrected chi connectivity index (χ0v) is 20.8. The minimum atomic E-state index is 0.0427. The number of nitrogens with zero attached hydrogens (tertiary/aromatic N) is 5. The van der Waals surface area contributed by atoms with E-state index in [1.807, 2.05) is 42.5 Å². The van der Waals surface area contributed by atoms with E-state index in [4.69, 9.17) is 0 Å². The number of thioether (sulfide) groups is 1. The topological polar surface area (TPSA) is 71.3 Å². The number of anilines is 1. The maximum absolute atomic E-state index is 12.9. The fraction of sp³-hybridized carbons (Fsp3) is 0.407. The number of piperidine rings is 1. The molecule has 8 heteroatoms. The Balaban J connectivity index is 1.28. The molecule has 0 atom stereocenters. The normalized spacial score (nSPS) is 16.7. The van der Waals surface area contributed by atoms with Gasteiger partial charge in [-0.1, -0.05) is 48.5 Å². The highest BCUT2D eigenvalue weighted by Gasteiger charge is 2.22. The second-order valence-electron chi connectivity index (χ2n) is 9.22. The third-order valence-electron chi connectivity index (χ3n) is 6.70. The summed E-state index contributed by atoms with van der Waals surface area (Å²) in [7, 11) is 0. The van der Waals surface area contributed by atoms with Gasteiger partial charge >= 0.3 is 0 Å². The van der Waals surface area contributed by atoms with E-state index in [-0.39, 0.29) is 11.7 Å². The van der Waals surface area contributed by atoms with Crippen molar-refractivity contribution in [3.05, 3.63) is 71.5 Å². The summed E-state index contributed by atoms with van der Waals surface area (Å²) in [6.45, 7) is 4.41. The van der Waals surface area contributed by atoms with Crippen molar-refractivity contribution in [2.75, 3.05) is 30.3 Å². The second-order valence-corrected chi connectivity index (χ2v) is 10.2. The van der Waals surface area contributed by atoms with Crippen LogP contribution >= 0.6 is 11.8 Å². The van der Waals surface area contributed by atoms with Crippen LogP contribution in [0.3, 0.4) is 0 Å². The van der Waals surface area contributed by atoms with E-state index in [0.717, 1.165) is 49.3 Å². The van der Waals surface area contributed by atoms with Gasteiger partial charge in [0.25, 0.3) is 0 Å². The molecule has 0 bridgehead atoms. The van der Waals surface area contributed by atoms with Crippen LogP contribution in [0.1, 0.15) is 53.8 Å². The molecule has 182 valence electrons. The molecule has 2 fully saturated rings. The van der Waals surface area contributed by atoms with Gasteiger partial charge in [-0.15, -0.1) is 10.2 Å². The molecule has 0 saturated carbocycles. The van der Waals surface area contributed by atoms with E-state index < -0.39 is 0 Å². The van der Waals surface area contributed by atoms with Gasteiger partial charge < -0.3 is 9.47 Å². The Hall–Kier alpha value is -2.97. The van der Waals surface area contributed by atoms with E-state index in [9.17, 15) is 9.59 Å². The minimum Gasteiger partial charge on any atom is -0.312 e. The molecule has 2 saturated heterocycles. The number of hydrogen-bond acceptors (Lipinski definition) is 6. The monoisotopic (exact) mass is 489 g/mol. The van der Waals surface area contributed by atoms with Crippen molar-refractivity contribution in [2.45, 2.75) is 50.4 Å². The number of rotatable bonds is 9. The van der Waals surface area contributed by atoms with Crippen molar-refractivity contribution < 1.29 is 9.59 Å². The first-order valence-electron chi connectivity index (χ1n) is 12.4. The molecule has 2 aliphatic rings. The second kappa shape index (κ2) is 11.2. The average molecular weight is 490 g/mol. The highest BCUT2D eigenvalue weighted by molar-refractivity contribution is 7.99. The first kappa shape index (κ1) is 23.8. The van der Waals surface area contributed by atoms with E-state index in [0.29, 0.717) is 24.3 Å². The molecule has 2 aromatic carbocycles. The van der Waals surface area contributed by atoms with Gasteiger partial charge in [0.1, 0.15) is 5.82 Å². The molecule has 0 radical (unpaired) electrons. The molecule has 0 unspecified atom stereocenters. The quantitative estimate of drug-likeness (QED) is 0.327. The molecule has 35 heavy (non-hydrogen) atoms. The predicted molar refractivity (Wildman–Crippen MR) is 138 cm³/mol. The Morgan fingerprint density at radius 2 is 1.63 bits per heavy atom. The Kier molecular flexibility index (Phi) is 7.59. The van der Waals surface area contributed by atoms with Gasteiger partial charge in [-0.3, -0.25) is 14.5 Å². The standard InChI is InChI=1S/C27H31N5O2S/c33-24(22-11-13-23(14-12-22)31-17-7-10-26(31)34)20-35-27-29-28-25(19-30-15-5-2-6-16-30)32(27)18-21-8-3-1-4-9-21/h1,3-4,8-9,11-14H,2,5-7,10,15-20H2. The Morgan fingerprint density at radius 3 is 2.34 bits per heavy atom. The zero-order chi connectivity index (χ0) is 24.0. The van der Waals surface area contributed by atoms with Crippen LogP contribution in [0.2, 0.25) is 0 Å². The van der Waals surface area contributed by atoms with E-state index in [2.05, 4.69) is 31.8 Å². The summed E-state index contributed by atoms with van der Waals surface area (Å²) < 4.78 is 2.16. The maximum atomic E-state index is 12.9. The summed E-state index contributed by atoms with van der Waals surface area (Å²) in [6, 6.07) is 17.7. The summed E-state index contributed by atoms with van der Waals surface area (Å²) in [5.41, 5.74) is 2.70. The number of Topliss-reactive ketones (excluding diaryl/α,β-unsaturated/α-hetero) is 1. The first-order chi connectivity index (χ1) is 17.2. The van der Waals surface area contributed by atoms with E-state index in [1.54, 1.807) is 4.90 Å². The van der Waals surface area contributed by atoms with Gasteiger partial charge in [-0.05, 0) is 62.2 Å². The highest BCUT2D eigenvalue weighted by atomic mass is 32.2. The van der Waals surface area contributed by atoms with E-state index in [1.165, 1.54) is 36.6 Å². The van der Waals surface area contributed by atoms with Gasteiger partial charge in [0.15, 0.2) is 10.9 Å². The number of ketones is 1. The molecule has 0 aliphatic carbocycles. The van der Waals surface area contributed by atoms with E-state index >= 15 is 0 Å². The largest absolute Gasteiger partial charge is 0.312 e. The third-order valence-corrected chi connectivity index (χ3v) is 7.66. The number of amides is 1. The molecule has 3 aromatic rings. The van der Waals surface area contributed by atoms with Crippen LogP contribution in [0.25, 0.3) is 0 Å². The molecular formula is C27H31N5O2S. The summed E-state index contributed by atoms with van der Waals surface area (Å²) in [4.78, 5) is 29.2. The minimum absolute atomic E-state index is 0.0427. The van der Waals surface area contributed by atoms with Crippen LogP contribution < -0.4 is 4.90 Å². The van der Waals surface area contributed by atoms with Gasteiger partial charge in [-0.2, -0.15) is 0 Å². The van der Waals surface area contributed by atoms with Crippen molar-refractivity contribution in [1.82, 2.24) is 19.7 Å². The van der Waals surface area contributed by atoms with Crippen LogP contribution in [0.15, 0.2) is 59.8 Å². The van der Waals surface area contributed by atoms with Crippen molar-refractivity contribution in [2.24, 2.45) is 0 Å². The Bertz CT molecular complexity index is 1160. The van der Waals surface area contributed by atoms with Crippen molar-refractivity contribution in [1.29, 1.82) is 0 Å². The number of carbonyl (C=O) groups excluding carboxylic acids is 2. The number of aromatic nitrogens is 3. The van der Waals surface area contributed by atoms with Gasteiger partial charge in [0.2, 0.25) is 5.91 Å². The van der Waals surface area contributed by atoms with Gasteiger partial charge in [0.05, 0.1) is 18.8 Å². The summed E-state index contributed by atoms with van der Waals surface area (Å²) in [5.74, 6) is 1.43. The molecule has 5 rings (SSSR count). The number of benzene rings is 2. The van der Waals surface area contributed by atoms with Crippen LogP contribution in [-0.4, -0.2) is 56.7 Å². The molecule has 1 aromatic heterocycles. The lowest BCUT2D eigenvalue weighted by molar-refractivity contribution is -0.117. The molecule has 1 amide bonds. The fourth-order valence-electron chi connectivity index (χ4n) is 4.75. The lowest BCUT2D eigenvalue weighted by atomic mass is 10.1. The Morgan fingerprint density at radius 1 is 0.857 bits per heavy atom. The van der Waals surface area contributed by atoms with Crippen LogP contribution in [0.5, 0.6) is 0 Å². The highest BCUT2D eigenvalue weighted by Crippen LogP contribution is 2.24. The maximum Gasteiger partial charge on any atom is 0.227 e. The molecule has 3 heterocycles. The van der Waals surface area contributed by atoms with Gasteiger partial charge in [0, 0.05) is 24.2 Å². The smallest absolute Gasteiger partial charge is 0.227 e. The number of carbonyl (C=O) groups is 2. The van der Waals surface area contributed by atoms with Crippen molar-refractivity contribution in [3.8, 4) is 0 Å². The molecule has 0 N–H and O–H groups in total. The molecule has 0 spiro atoms. The average Bonchev–Trinajstić information content (AvgIpc) is 3.49. The van der Waals surface area contributed by atoms with Crippen molar-refractivity contribution in [3.63, 3.8) is 0 Å². The first-order valence-corrected chi connectivity index (χ1v) is 13.4. The van der Waals surface area contributed by atoms with Gasteiger partial charge in [-0.25, -0.2) is 0 Å². The lowest BCUT2D eigenvalue weighted by Gasteiger charge is -2.26. The third kappa shape index (κ3) is 5.82. The Labute approximate surface area is 210 Å². The predicted octanol–water partition coefficient (Wildman–Crippen LogP) is 4.41. The van der Waals surface area contributed by atoms with Crippen LogP contribution in [0, 0.1) is 0 Å². The molecular weight excluding hydrogens is 458 g/mol. The zero-order valence-electron chi connectivity index (χ0n) is 19.9. The SMILES string of the molecule is O=C(CSc1nnc(CN2CCCCC2)n1Cc1ccccc1)c1ccc(N2CCCC2=O)cc1. The lowest BCUT2D eigenvalue weighted by Crippen LogP contribution is -2.30. The van der Waals surface area contributed by atoms with Crippen molar-refractivity contribution >= 4 is 29.1 Å². The fourth-order valence-corrected chi connectivity index (χ4v) is 5.60.